The predicted octanol–water partition coefficient (Wildman–Crippen LogP) is 2.73. The van der Waals surface area contributed by atoms with E-state index >= 15 is 0 Å². The van der Waals surface area contributed by atoms with Crippen LogP contribution < -0.4 is 0 Å². The van der Waals surface area contributed by atoms with Crippen LogP contribution in [-0.4, -0.2) is 5.11 Å². The van der Waals surface area contributed by atoms with Gasteiger partial charge in [0.15, 0.2) is 0 Å². The fourth-order valence-corrected chi connectivity index (χ4v) is 1.16. The van der Waals surface area contributed by atoms with Crippen molar-refractivity contribution < 1.29 is 9.50 Å². The van der Waals surface area contributed by atoms with Crippen LogP contribution in [0.25, 0.3) is 0 Å². The molecule has 0 saturated heterocycles. The van der Waals surface area contributed by atoms with Gasteiger partial charge in [0.25, 0.3) is 0 Å². The van der Waals surface area contributed by atoms with Gasteiger partial charge in [0.05, 0.1) is 0 Å². The Balaban J connectivity index is 2.90. The zero-order chi connectivity index (χ0) is 9.14. The number of halogens is 1. The first-order valence-electron chi connectivity index (χ1n) is 4.07. The van der Waals surface area contributed by atoms with Crippen molar-refractivity contribution in [2.45, 2.75) is 20.3 Å². The number of rotatable bonds is 2. The summed E-state index contributed by atoms with van der Waals surface area (Å²) in [7, 11) is 0. The van der Waals surface area contributed by atoms with Crippen LogP contribution >= 0.6 is 0 Å². The molecule has 0 aliphatic rings. The molecule has 1 aromatic rings. The number of aromatic hydroxyl groups is 1. The van der Waals surface area contributed by atoms with Crippen LogP contribution in [0.1, 0.15) is 19.4 Å². The lowest BCUT2D eigenvalue weighted by atomic mass is 10.0. The zero-order valence-electron chi connectivity index (χ0n) is 7.34. The average molecular weight is 168 g/mol. The quantitative estimate of drug-likeness (QED) is 0.719. The van der Waals surface area contributed by atoms with E-state index in [2.05, 4.69) is 0 Å². The van der Waals surface area contributed by atoms with Crippen LogP contribution in [0.15, 0.2) is 18.2 Å². The maximum Gasteiger partial charge on any atom is 0.123 e. The molecule has 0 saturated carbocycles. The Hall–Kier alpha value is -1.05. The number of hydrogen-bond donors (Lipinski definition) is 1. The van der Waals surface area contributed by atoms with Crippen LogP contribution in [0.4, 0.5) is 4.39 Å². The highest BCUT2D eigenvalue weighted by molar-refractivity contribution is 5.32. The minimum atomic E-state index is -0.288. The first-order valence-corrected chi connectivity index (χ1v) is 4.07. The minimum absolute atomic E-state index is 0.185. The maximum atomic E-state index is 12.7. The van der Waals surface area contributed by atoms with Crippen LogP contribution in [0.2, 0.25) is 0 Å². The zero-order valence-corrected chi connectivity index (χ0v) is 7.34. The lowest BCUT2D eigenvalue weighted by Gasteiger charge is -2.06. The molecule has 1 N–H and O–H groups in total. The monoisotopic (exact) mass is 168 g/mol. The molecule has 0 aromatic heterocycles. The highest BCUT2D eigenvalue weighted by atomic mass is 19.1. The third-order valence-electron chi connectivity index (χ3n) is 1.67. The second kappa shape index (κ2) is 3.57. The number of hydrogen-bond acceptors (Lipinski definition) is 1. The molecule has 2 heteroatoms. The van der Waals surface area contributed by atoms with Crippen LogP contribution in [-0.2, 0) is 6.42 Å². The van der Waals surface area contributed by atoms with Gasteiger partial charge in [0.2, 0.25) is 0 Å². The summed E-state index contributed by atoms with van der Waals surface area (Å²) in [5, 5.41) is 9.32. The Morgan fingerprint density at radius 3 is 2.67 bits per heavy atom. The van der Waals surface area contributed by atoms with Gasteiger partial charge in [-0.2, -0.15) is 0 Å². The van der Waals surface area contributed by atoms with E-state index in [0.29, 0.717) is 17.9 Å². The van der Waals surface area contributed by atoms with Crippen molar-refractivity contribution in [3.8, 4) is 5.75 Å². The molecular weight excluding hydrogens is 155 g/mol. The van der Waals surface area contributed by atoms with Gasteiger partial charge in [-0.05, 0) is 36.1 Å². The van der Waals surface area contributed by atoms with Crippen LogP contribution in [0, 0.1) is 11.7 Å². The molecule has 0 atom stereocenters. The first kappa shape index (κ1) is 9.04. The minimum Gasteiger partial charge on any atom is -0.508 e. The summed E-state index contributed by atoms with van der Waals surface area (Å²) in [6, 6.07) is 4.04. The number of phenols is 1. The van der Waals surface area contributed by atoms with Crippen LogP contribution in [0.3, 0.4) is 0 Å². The van der Waals surface area contributed by atoms with E-state index in [0.717, 1.165) is 0 Å². The molecule has 1 aromatic carbocycles. The summed E-state index contributed by atoms with van der Waals surface area (Å²) in [5.74, 6) is 0.325. The Morgan fingerprint density at radius 2 is 2.08 bits per heavy atom. The van der Waals surface area contributed by atoms with Crippen LogP contribution in [0.5, 0.6) is 5.75 Å². The Kier molecular flexibility index (Phi) is 2.69. The predicted molar refractivity (Wildman–Crippen MR) is 46.6 cm³/mol. The first-order chi connectivity index (χ1) is 5.59. The summed E-state index contributed by atoms with van der Waals surface area (Å²) in [6.45, 7) is 4.06. The average Bonchev–Trinajstić information content (AvgIpc) is 1.96. The Labute approximate surface area is 71.9 Å². The second-order valence-corrected chi connectivity index (χ2v) is 3.37. The van der Waals surface area contributed by atoms with E-state index in [1.54, 1.807) is 0 Å². The highest BCUT2D eigenvalue weighted by Gasteiger charge is 2.04. The van der Waals surface area contributed by atoms with Crippen molar-refractivity contribution in [3.63, 3.8) is 0 Å². The standard InChI is InChI=1S/C10H13FO/c1-7(2)5-8-6-9(11)3-4-10(8)12/h3-4,6-7,12H,5H2,1-2H3. The van der Waals surface area contributed by atoms with Crippen molar-refractivity contribution in [1.82, 2.24) is 0 Å². The fraction of sp³-hybridized carbons (Fsp3) is 0.400. The van der Waals surface area contributed by atoms with E-state index in [1.807, 2.05) is 13.8 Å². The smallest absolute Gasteiger partial charge is 0.123 e. The molecular formula is C10H13FO. The molecule has 0 radical (unpaired) electrons. The lowest BCUT2D eigenvalue weighted by molar-refractivity contribution is 0.459. The molecule has 0 fully saturated rings. The van der Waals surface area contributed by atoms with Gasteiger partial charge in [-0.25, -0.2) is 4.39 Å². The summed E-state index contributed by atoms with van der Waals surface area (Å²) in [5.41, 5.74) is 0.685. The summed E-state index contributed by atoms with van der Waals surface area (Å²) in [6.07, 6.45) is 0.712. The largest absolute Gasteiger partial charge is 0.508 e. The molecule has 0 aliphatic carbocycles. The van der Waals surface area contributed by atoms with Gasteiger partial charge < -0.3 is 5.11 Å². The van der Waals surface area contributed by atoms with E-state index < -0.39 is 0 Å². The summed E-state index contributed by atoms with van der Waals surface area (Å²) < 4.78 is 12.7. The van der Waals surface area contributed by atoms with E-state index in [9.17, 15) is 9.50 Å². The summed E-state index contributed by atoms with van der Waals surface area (Å²) >= 11 is 0. The SMILES string of the molecule is CC(C)Cc1cc(F)ccc1O. The lowest BCUT2D eigenvalue weighted by Crippen LogP contribution is -1.94. The van der Waals surface area contributed by atoms with Crippen molar-refractivity contribution in [1.29, 1.82) is 0 Å². The van der Waals surface area contributed by atoms with Crippen molar-refractivity contribution in [3.05, 3.63) is 29.6 Å². The molecule has 1 nitrogen and oxygen atoms in total. The molecule has 0 heterocycles. The van der Waals surface area contributed by atoms with Gasteiger partial charge in [0.1, 0.15) is 11.6 Å². The molecule has 12 heavy (non-hydrogen) atoms. The third-order valence-corrected chi connectivity index (χ3v) is 1.67. The van der Waals surface area contributed by atoms with Crippen molar-refractivity contribution in [2.24, 2.45) is 5.92 Å². The van der Waals surface area contributed by atoms with Crippen molar-refractivity contribution in [2.75, 3.05) is 0 Å². The molecule has 0 aliphatic heterocycles. The van der Waals surface area contributed by atoms with E-state index in [-0.39, 0.29) is 11.6 Å². The van der Waals surface area contributed by atoms with Gasteiger partial charge in [0, 0.05) is 0 Å². The Bertz CT molecular complexity index is 269. The van der Waals surface area contributed by atoms with Gasteiger partial charge in [-0.1, -0.05) is 13.8 Å². The molecule has 0 bridgehead atoms. The molecule has 0 spiro atoms. The summed E-state index contributed by atoms with van der Waals surface area (Å²) in [4.78, 5) is 0. The van der Waals surface area contributed by atoms with Gasteiger partial charge in [-0.3, -0.25) is 0 Å². The fourth-order valence-electron chi connectivity index (χ4n) is 1.16. The second-order valence-electron chi connectivity index (χ2n) is 3.37. The van der Waals surface area contributed by atoms with Gasteiger partial charge in [-0.15, -0.1) is 0 Å². The normalized spacial score (nSPS) is 10.7. The topological polar surface area (TPSA) is 20.2 Å². The third kappa shape index (κ3) is 2.22. The molecule has 0 amide bonds. The molecule has 66 valence electrons. The van der Waals surface area contributed by atoms with E-state index in [1.165, 1.54) is 18.2 Å². The highest BCUT2D eigenvalue weighted by Crippen LogP contribution is 2.20. The number of phenolic OH excluding ortho intramolecular Hbond substituents is 1. The number of benzene rings is 1. The maximum absolute atomic E-state index is 12.7. The van der Waals surface area contributed by atoms with Crippen molar-refractivity contribution >= 4 is 0 Å². The molecule has 0 unspecified atom stereocenters. The van der Waals surface area contributed by atoms with Gasteiger partial charge >= 0.3 is 0 Å². The Morgan fingerprint density at radius 1 is 1.42 bits per heavy atom. The molecule has 1 rings (SSSR count). The van der Waals surface area contributed by atoms with E-state index in [4.69, 9.17) is 0 Å².